The molecule has 0 amide bonds. The van der Waals surface area contributed by atoms with Crippen molar-refractivity contribution in [3.8, 4) is 0 Å². The van der Waals surface area contributed by atoms with Crippen LogP contribution in [0, 0.1) is 0 Å². The van der Waals surface area contributed by atoms with Crippen molar-refractivity contribution >= 4 is 0 Å². The third-order valence-electron chi connectivity index (χ3n) is 4.80. The molecule has 0 aliphatic heterocycles. The Morgan fingerprint density at radius 1 is 0.231 bits per heavy atom. The molecule has 0 aromatic heterocycles. The SMILES string of the molecule is C[N](C)[Ti]([N](C)C)([N](C)C)[N](C)C.C[N](C)[Ti]([N](C)C)([N](C)C)[N](C)C. The van der Waals surface area contributed by atoms with Crippen molar-refractivity contribution in [1.29, 1.82) is 0 Å². The van der Waals surface area contributed by atoms with Crippen LogP contribution in [-0.2, 0) is 35.2 Å². The second-order valence-corrected chi connectivity index (χ2v) is 23.3. The number of hydrogen-bond acceptors (Lipinski definition) is 8. The third-order valence-corrected chi connectivity index (χ3v) is 19.8. The summed E-state index contributed by atoms with van der Waals surface area (Å²) in [4.78, 5) is 0. The Morgan fingerprint density at radius 3 is 0.308 bits per heavy atom. The standard InChI is InChI=1S/8C2H6N.2Ti/c8*1-3-2;;/h8*1-2H3;;/q8*-1;2*+4. The van der Waals surface area contributed by atoms with E-state index in [1.807, 2.05) is 0 Å². The normalized spacial score (nSPS) is 13.8. The molecule has 0 atom stereocenters. The van der Waals surface area contributed by atoms with Crippen LogP contribution in [0.2, 0.25) is 0 Å². The topological polar surface area (TPSA) is 25.9 Å². The van der Waals surface area contributed by atoms with Crippen molar-refractivity contribution in [3.63, 3.8) is 0 Å². The molecule has 10 heteroatoms. The molecule has 0 N–H and O–H groups in total. The Morgan fingerprint density at radius 2 is 0.308 bits per heavy atom. The molecule has 0 rings (SSSR count). The first-order valence-electron chi connectivity index (χ1n) is 8.94. The molecule has 26 heavy (non-hydrogen) atoms. The van der Waals surface area contributed by atoms with Gasteiger partial charge in [-0.1, -0.05) is 0 Å². The minimum atomic E-state index is -2.33. The summed E-state index contributed by atoms with van der Waals surface area (Å²) in [6, 6.07) is 0. The molecule has 0 aromatic carbocycles. The Hall–Kier alpha value is 1.11. The van der Waals surface area contributed by atoms with Crippen LogP contribution in [0.3, 0.4) is 0 Å². The van der Waals surface area contributed by atoms with E-state index in [1.165, 1.54) is 0 Å². The molecule has 0 fully saturated rings. The Kier molecular flexibility index (Phi) is 13.5. The Bertz CT molecular complexity index is 273. The molecule has 0 radical (unpaired) electrons. The van der Waals surface area contributed by atoms with Crippen LogP contribution in [0.25, 0.3) is 0 Å². The van der Waals surface area contributed by atoms with E-state index in [4.69, 9.17) is 0 Å². The summed E-state index contributed by atoms with van der Waals surface area (Å²) >= 11 is -4.67. The van der Waals surface area contributed by atoms with Crippen LogP contribution in [0.4, 0.5) is 0 Å². The summed E-state index contributed by atoms with van der Waals surface area (Å²) in [5.41, 5.74) is 0. The van der Waals surface area contributed by atoms with Gasteiger partial charge in [0.1, 0.15) is 0 Å². The van der Waals surface area contributed by atoms with Gasteiger partial charge in [0.15, 0.2) is 0 Å². The van der Waals surface area contributed by atoms with Gasteiger partial charge >= 0.3 is 175 Å². The van der Waals surface area contributed by atoms with Gasteiger partial charge in [-0.3, -0.25) is 0 Å². The maximum absolute atomic E-state index is 2.38. The fraction of sp³-hybridized carbons (Fsp3) is 1.00. The van der Waals surface area contributed by atoms with E-state index in [1.54, 1.807) is 0 Å². The second-order valence-electron chi connectivity index (χ2n) is 8.36. The van der Waals surface area contributed by atoms with E-state index < -0.39 is 35.2 Å². The number of hydrogen-bond donors (Lipinski definition) is 0. The summed E-state index contributed by atoms with van der Waals surface area (Å²) < 4.78 is 19.0. The van der Waals surface area contributed by atoms with Crippen LogP contribution in [0.15, 0.2) is 0 Å². The van der Waals surface area contributed by atoms with Gasteiger partial charge in [0, 0.05) is 0 Å². The van der Waals surface area contributed by atoms with Gasteiger partial charge in [-0.15, -0.1) is 0 Å². The second kappa shape index (κ2) is 12.0. The molecule has 0 unspecified atom stereocenters. The molecule has 0 spiro atoms. The third kappa shape index (κ3) is 6.05. The van der Waals surface area contributed by atoms with Crippen LogP contribution in [-0.4, -0.2) is 140 Å². The molecule has 8 nitrogen and oxygen atoms in total. The Labute approximate surface area is 174 Å². The number of rotatable bonds is 8. The Balaban J connectivity index is 0. The molecule has 0 bridgehead atoms. The van der Waals surface area contributed by atoms with Crippen molar-refractivity contribution < 1.29 is 35.2 Å². The molecule has 0 saturated carbocycles. The zero-order valence-electron chi connectivity index (χ0n) is 20.6. The first-order chi connectivity index (χ1) is 11.5. The zero-order chi connectivity index (χ0) is 21.6. The van der Waals surface area contributed by atoms with Gasteiger partial charge in [-0.2, -0.15) is 0 Å². The van der Waals surface area contributed by atoms with E-state index >= 15 is 0 Å². The van der Waals surface area contributed by atoms with Crippen molar-refractivity contribution in [1.82, 2.24) is 27.1 Å². The summed E-state index contributed by atoms with van der Waals surface area (Å²) in [5, 5.41) is 0. The monoisotopic (exact) mass is 448 g/mol. The predicted molar refractivity (Wildman–Crippen MR) is 109 cm³/mol. The van der Waals surface area contributed by atoms with Crippen LogP contribution >= 0.6 is 0 Å². The predicted octanol–water partition coefficient (Wildman–Crippen LogP) is 0.0934. The summed E-state index contributed by atoms with van der Waals surface area (Å²) in [7, 11) is 34.7. The first kappa shape index (κ1) is 29.3. The zero-order valence-corrected chi connectivity index (χ0v) is 23.7. The van der Waals surface area contributed by atoms with Gasteiger partial charge in [-0.25, -0.2) is 0 Å². The van der Waals surface area contributed by atoms with Crippen LogP contribution < -0.4 is 0 Å². The van der Waals surface area contributed by atoms with Gasteiger partial charge < -0.3 is 0 Å². The molecular formula is C16H48N8Ti2. The van der Waals surface area contributed by atoms with Gasteiger partial charge in [0.05, 0.1) is 0 Å². The molecule has 0 aromatic rings. The summed E-state index contributed by atoms with van der Waals surface area (Å²) in [6.07, 6.45) is 0. The van der Waals surface area contributed by atoms with Crippen molar-refractivity contribution in [3.05, 3.63) is 0 Å². The van der Waals surface area contributed by atoms with Crippen molar-refractivity contribution in [2.45, 2.75) is 0 Å². The van der Waals surface area contributed by atoms with E-state index in [2.05, 4.69) is 140 Å². The quantitative estimate of drug-likeness (QED) is 0.483. The molecule has 160 valence electrons. The van der Waals surface area contributed by atoms with Crippen LogP contribution in [0.1, 0.15) is 0 Å². The molecule has 0 aliphatic carbocycles. The van der Waals surface area contributed by atoms with Gasteiger partial charge in [0.2, 0.25) is 0 Å². The summed E-state index contributed by atoms with van der Waals surface area (Å²) in [6.45, 7) is 0. The van der Waals surface area contributed by atoms with Gasteiger partial charge in [-0.05, 0) is 0 Å². The van der Waals surface area contributed by atoms with E-state index in [9.17, 15) is 0 Å². The average molecular weight is 448 g/mol. The van der Waals surface area contributed by atoms with Gasteiger partial charge in [0.25, 0.3) is 0 Å². The van der Waals surface area contributed by atoms with E-state index in [0.717, 1.165) is 0 Å². The van der Waals surface area contributed by atoms with Crippen molar-refractivity contribution in [2.24, 2.45) is 0 Å². The fourth-order valence-electron chi connectivity index (χ4n) is 4.80. The molecule has 0 saturated heterocycles. The molecule has 0 heterocycles. The van der Waals surface area contributed by atoms with E-state index in [-0.39, 0.29) is 0 Å². The van der Waals surface area contributed by atoms with Crippen LogP contribution in [0.5, 0.6) is 0 Å². The average Bonchev–Trinajstić information content (AvgIpc) is 2.35. The fourth-order valence-corrected chi connectivity index (χ4v) is 19.8. The number of nitrogens with zero attached hydrogens (tertiary/aromatic N) is 8. The van der Waals surface area contributed by atoms with Crippen molar-refractivity contribution in [2.75, 3.05) is 113 Å². The summed E-state index contributed by atoms with van der Waals surface area (Å²) in [5.74, 6) is 0. The maximum atomic E-state index is 2.38. The molecule has 0 aliphatic rings. The first-order valence-corrected chi connectivity index (χ1v) is 14.5. The molecular weight excluding hydrogens is 400 g/mol. The minimum absolute atomic E-state index is 2.17. The van der Waals surface area contributed by atoms with E-state index in [0.29, 0.717) is 0 Å².